The zero-order chi connectivity index (χ0) is 25.2. The first-order valence-corrected chi connectivity index (χ1v) is 13.2. The van der Waals surface area contributed by atoms with Crippen LogP contribution in [0.1, 0.15) is 33.9 Å². The number of Topliss-reactive ketones (excluding diaryl/α,β-unsaturated/α-hetero) is 1. The number of rotatable bonds is 6. The Bertz CT molecular complexity index is 1470. The molecule has 1 amide bonds. The number of aliphatic hydroxyl groups is 1. The van der Waals surface area contributed by atoms with Gasteiger partial charge in [0.15, 0.2) is 4.34 Å². The number of hydrogen-bond donors (Lipinski definition) is 1. The molecule has 0 saturated carbocycles. The zero-order valence-electron chi connectivity index (χ0n) is 19.7. The maximum Gasteiger partial charge on any atom is 0.301 e. The van der Waals surface area contributed by atoms with Crippen LogP contribution in [0.25, 0.3) is 5.76 Å². The normalized spacial score (nSPS) is 17.1. The van der Waals surface area contributed by atoms with E-state index in [2.05, 4.69) is 10.2 Å². The van der Waals surface area contributed by atoms with Gasteiger partial charge in [0, 0.05) is 11.3 Å². The molecule has 0 aliphatic carbocycles. The van der Waals surface area contributed by atoms with E-state index in [0.29, 0.717) is 26.4 Å². The van der Waals surface area contributed by atoms with E-state index < -0.39 is 17.7 Å². The number of nitrogens with zero attached hydrogens (tertiary/aromatic N) is 3. The van der Waals surface area contributed by atoms with Crippen molar-refractivity contribution in [2.75, 3.05) is 4.90 Å². The van der Waals surface area contributed by atoms with E-state index in [1.54, 1.807) is 0 Å². The third-order valence-electron chi connectivity index (χ3n) is 6.01. The number of anilines is 1. The van der Waals surface area contributed by atoms with Gasteiger partial charge < -0.3 is 5.11 Å². The lowest BCUT2D eigenvalue weighted by molar-refractivity contribution is -0.132. The van der Waals surface area contributed by atoms with Crippen molar-refractivity contribution in [3.63, 3.8) is 0 Å². The highest BCUT2D eigenvalue weighted by molar-refractivity contribution is 8.00. The van der Waals surface area contributed by atoms with E-state index >= 15 is 0 Å². The van der Waals surface area contributed by atoms with Gasteiger partial charge in [-0.25, -0.2) is 0 Å². The smallest absolute Gasteiger partial charge is 0.301 e. The van der Waals surface area contributed by atoms with Crippen molar-refractivity contribution >= 4 is 45.7 Å². The Morgan fingerprint density at radius 1 is 0.972 bits per heavy atom. The van der Waals surface area contributed by atoms with Crippen molar-refractivity contribution in [2.24, 2.45) is 0 Å². The summed E-state index contributed by atoms with van der Waals surface area (Å²) in [7, 11) is 0. The molecule has 1 aliphatic rings. The summed E-state index contributed by atoms with van der Waals surface area (Å²) in [5.74, 6) is -0.945. The molecular formula is C28H23N3O3S2. The second kappa shape index (κ2) is 10.1. The quantitative estimate of drug-likeness (QED) is 0.111. The third-order valence-corrected chi connectivity index (χ3v) is 8.14. The minimum Gasteiger partial charge on any atom is -0.507 e. The molecule has 1 fully saturated rings. The van der Waals surface area contributed by atoms with Crippen LogP contribution in [0.15, 0.2) is 88.8 Å². The summed E-state index contributed by atoms with van der Waals surface area (Å²) in [5, 5.41) is 20.2. The van der Waals surface area contributed by atoms with Gasteiger partial charge in [-0.1, -0.05) is 101 Å². The van der Waals surface area contributed by atoms with Gasteiger partial charge in [0.2, 0.25) is 5.13 Å². The summed E-state index contributed by atoms with van der Waals surface area (Å²) in [6.07, 6.45) is 0. The Morgan fingerprint density at radius 3 is 2.39 bits per heavy atom. The first-order chi connectivity index (χ1) is 17.4. The van der Waals surface area contributed by atoms with Crippen molar-refractivity contribution in [1.29, 1.82) is 0 Å². The maximum atomic E-state index is 13.3. The minimum atomic E-state index is -0.814. The SMILES string of the molecule is Cc1ccc(C)c(/C(O)=C2\C(=O)C(=O)N(c3nnc(SCc4ccccc4)s3)C2c2ccccc2)c1. The summed E-state index contributed by atoms with van der Waals surface area (Å²) in [4.78, 5) is 28.0. The molecule has 8 heteroatoms. The molecule has 1 atom stereocenters. The molecule has 0 radical (unpaired) electrons. The van der Waals surface area contributed by atoms with Crippen LogP contribution in [-0.4, -0.2) is 27.0 Å². The number of aliphatic hydroxyl groups excluding tert-OH is 1. The predicted octanol–water partition coefficient (Wildman–Crippen LogP) is 6.07. The van der Waals surface area contributed by atoms with E-state index in [9.17, 15) is 14.7 Å². The Balaban J connectivity index is 1.56. The Hall–Kier alpha value is -3.75. The van der Waals surface area contributed by atoms with Gasteiger partial charge >= 0.3 is 5.91 Å². The number of ketones is 1. The molecule has 1 saturated heterocycles. The second-order valence-electron chi connectivity index (χ2n) is 8.52. The lowest BCUT2D eigenvalue weighted by Gasteiger charge is -2.22. The van der Waals surface area contributed by atoms with Gasteiger partial charge in [0.05, 0.1) is 11.6 Å². The molecule has 180 valence electrons. The molecule has 5 rings (SSSR count). The van der Waals surface area contributed by atoms with Crippen LogP contribution in [0.5, 0.6) is 0 Å². The van der Waals surface area contributed by atoms with E-state index in [0.717, 1.165) is 16.7 Å². The molecular weight excluding hydrogens is 490 g/mol. The van der Waals surface area contributed by atoms with Crippen molar-refractivity contribution < 1.29 is 14.7 Å². The van der Waals surface area contributed by atoms with E-state index in [1.807, 2.05) is 92.7 Å². The first-order valence-electron chi connectivity index (χ1n) is 11.4. The molecule has 1 unspecified atom stereocenters. The fraction of sp³-hybridized carbons (Fsp3) is 0.143. The highest BCUT2D eigenvalue weighted by Gasteiger charge is 2.48. The van der Waals surface area contributed by atoms with Gasteiger partial charge in [0.25, 0.3) is 5.78 Å². The van der Waals surface area contributed by atoms with Crippen molar-refractivity contribution in [2.45, 2.75) is 30.0 Å². The lowest BCUT2D eigenvalue weighted by Crippen LogP contribution is -2.29. The van der Waals surface area contributed by atoms with Crippen molar-refractivity contribution in [1.82, 2.24) is 10.2 Å². The molecule has 1 N–H and O–H groups in total. The first kappa shape index (κ1) is 24.0. The number of benzene rings is 3. The standard InChI is InChI=1S/C28H23N3O3S2/c1-17-13-14-18(2)21(15-17)24(32)22-23(20-11-7-4-8-12-20)31(26(34)25(22)33)27-29-30-28(36-27)35-16-19-9-5-3-6-10-19/h3-15,23,32H,16H2,1-2H3/b24-22+. The number of carbonyl (C=O) groups excluding carboxylic acids is 2. The lowest BCUT2D eigenvalue weighted by atomic mass is 9.93. The second-order valence-corrected chi connectivity index (χ2v) is 10.7. The molecule has 1 aliphatic heterocycles. The summed E-state index contributed by atoms with van der Waals surface area (Å²) >= 11 is 2.78. The fourth-order valence-electron chi connectivity index (χ4n) is 4.19. The number of hydrogen-bond acceptors (Lipinski definition) is 7. The van der Waals surface area contributed by atoms with Crippen LogP contribution in [0.2, 0.25) is 0 Å². The topological polar surface area (TPSA) is 83.4 Å². The summed E-state index contributed by atoms with van der Waals surface area (Å²) in [5.41, 5.74) is 4.19. The average molecular weight is 514 g/mol. The van der Waals surface area contributed by atoms with E-state index in [1.165, 1.54) is 28.0 Å². The highest BCUT2D eigenvalue weighted by atomic mass is 32.2. The number of carbonyl (C=O) groups is 2. The Morgan fingerprint density at radius 2 is 1.67 bits per heavy atom. The molecule has 2 heterocycles. The Labute approximate surface area is 217 Å². The molecule has 4 aromatic rings. The van der Waals surface area contributed by atoms with Crippen LogP contribution in [0.4, 0.5) is 5.13 Å². The average Bonchev–Trinajstić information content (AvgIpc) is 3.47. The van der Waals surface area contributed by atoms with Gasteiger partial charge in [0.1, 0.15) is 5.76 Å². The monoisotopic (exact) mass is 513 g/mol. The van der Waals surface area contributed by atoms with E-state index in [-0.39, 0.29) is 11.3 Å². The predicted molar refractivity (Wildman–Crippen MR) is 143 cm³/mol. The fourth-order valence-corrected chi connectivity index (χ4v) is 6.02. The van der Waals surface area contributed by atoms with Crippen molar-refractivity contribution in [3.05, 3.63) is 112 Å². The minimum absolute atomic E-state index is 0.0496. The zero-order valence-corrected chi connectivity index (χ0v) is 21.3. The molecule has 36 heavy (non-hydrogen) atoms. The van der Waals surface area contributed by atoms with Gasteiger partial charge in [-0.15, -0.1) is 10.2 Å². The largest absolute Gasteiger partial charge is 0.507 e. The summed E-state index contributed by atoms with van der Waals surface area (Å²) in [6.45, 7) is 3.78. The molecule has 0 spiro atoms. The van der Waals surface area contributed by atoms with Crippen LogP contribution < -0.4 is 4.90 Å². The number of thioether (sulfide) groups is 1. The van der Waals surface area contributed by atoms with Crippen LogP contribution >= 0.6 is 23.1 Å². The molecule has 0 bridgehead atoms. The number of aromatic nitrogens is 2. The molecule has 6 nitrogen and oxygen atoms in total. The maximum absolute atomic E-state index is 13.3. The summed E-state index contributed by atoms with van der Waals surface area (Å²) < 4.78 is 0.692. The van der Waals surface area contributed by atoms with Crippen LogP contribution in [-0.2, 0) is 15.3 Å². The van der Waals surface area contributed by atoms with Gasteiger partial charge in [-0.05, 0) is 36.6 Å². The number of amides is 1. The van der Waals surface area contributed by atoms with E-state index in [4.69, 9.17) is 0 Å². The van der Waals surface area contributed by atoms with Crippen molar-refractivity contribution in [3.8, 4) is 0 Å². The molecule has 3 aromatic carbocycles. The van der Waals surface area contributed by atoms with Gasteiger partial charge in [-0.3, -0.25) is 14.5 Å². The third kappa shape index (κ3) is 4.57. The number of aryl methyl sites for hydroxylation is 2. The molecule has 1 aromatic heterocycles. The highest BCUT2D eigenvalue weighted by Crippen LogP contribution is 2.44. The van der Waals surface area contributed by atoms with Crippen LogP contribution in [0.3, 0.4) is 0 Å². The summed E-state index contributed by atoms with van der Waals surface area (Å²) in [6, 6.07) is 24.1. The Kier molecular flexibility index (Phi) is 6.71. The van der Waals surface area contributed by atoms with Crippen LogP contribution in [0, 0.1) is 13.8 Å². The van der Waals surface area contributed by atoms with Gasteiger partial charge in [-0.2, -0.15) is 0 Å².